The summed E-state index contributed by atoms with van der Waals surface area (Å²) >= 11 is 0. The number of carbonyl (C=O) groups is 3. The van der Waals surface area contributed by atoms with Gasteiger partial charge in [-0.3, -0.25) is 4.79 Å². The summed E-state index contributed by atoms with van der Waals surface area (Å²) in [5.41, 5.74) is 0.215. The number of rotatable bonds is 5. The lowest BCUT2D eigenvalue weighted by Gasteiger charge is -2.07. The normalized spacial score (nSPS) is 9.53. The molecule has 0 radical (unpaired) electrons. The fraction of sp³-hybridized carbons (Fsp3) is 0.273. The van der Waals surface area contributed by atoms with E-state index in [-0.39, 0.29) is 18.1 Å². The van der Waals surface area contributed by atoms with Gasteiger partial charge in [-0.25, -0.2) is 14.6 Å². The Labute approximate surface area is 109 Å². The van der Waals surface area contributed by atoms with Gasteiger partial charge in [0.25, 0.3) is 0 Å². The first-order chi connectivity index (χ1) is 9.02. The molecule has 0 atom stereocenters. The van der Waals surface area contributed by atoms with Crippen LogP contribution in [0.5, 0.6) is 0 Å². The Hall–Kier alpha value is -2.64. The van der Waals surface area contributed by atoms with E-state index in [0.29, 0.717) is 12.2 Å². The van der Waals surface area contributed by atoms with E-state index in [0.717, 1.165) is 0 Å². The number of anilines is 1. The van der Waals surface area contributed by atoms with Gasteiger partial charge in [0.1, 0.15) is 5.69 Å². The first kappa shape index (κ1) is 14.4. The zero-order valence-electron chi connectivity index (χ0n) is 10.3. The highest BCUT2D eigenvalue weighted by atomic mass is 16.4. The molecule has 0 aliphatic rings. The van der Waals surface area contributed by atoms with Gasteiger partial charge in [0.2, 0.25) is 5.91 Å². The Morgan fingerprint density at radius 3 is 2.53 bits per heavy atom. The maximum Gasteiger partial charge on any atom is 0.354 e. The molecule has 102 valence electrons. The van der Waals surface area contributed by atoms with Crippen LogP contribution in [0.2, 0.25) is 0 Å². The summed E-state index contributed by atoms with van der Waals surface area (Å²) in [6.07, 6.45) is 1.22. The second-order valence-electron chi connectivity index (χ2n) is 3.50. The van der Waals surface area contributed by atoms with Crippen molar-refractivity contribution in [3.63, 3.8) is 0 Å². The number of nitrogens with one attached hydrogen (secondary N) is 3. The minimum absolute atomic E-state index is 0.117. The third kappa shape index (κ3) is 5.02. The minimum Gasteiger partial charge on any atom is -0.477 e. The zero-order valence-corrected chi connectivity index (χ0v) is 10.3. The largest absolute Gasteiger partial charge is 0.477 e. The van der Waals surface area contributed by atoms with Crippen LogP contribution in [0.15, 0.2) is 18.3 Å². The number of carboxylic acid groups (broad SMARTS) is 1. The van der Waals surface area contributed by atoms with Gasteiger partial charge in [-0.1, -0.05) is 0 Å². The number of likely N-dealkylation sites (N-methyl/N-ethyl adjacent to an activating group) is 1. The molecule has 0 aliphatic heterocycles. The quantitative estimate of drug-likeness (QED) is 0.599. The number of carbonyl (C=O) groups excluding carboxylic acids is 2. The number of aromatic nitrogens is 1. The molecule has 3 amide bonds. The predicted molar refractivity (Wildman–Crippen MR) is 66.9 cm³/mol. The number of hydrogen-bond donors (Lipinski definition) is 4. The van der Waals surface area contributed by atoms with Crippen molar-refractivity contribution in [3.05, 3.63) is 24.0 Å². The molecule has 1 aromatic heterocycles. The molecule has 1 rings (SSSR count). The molecule has 8 nitrogen and oxygen atoms in total. The molecule has 0 saturated carbocycles. The van der Waals surface area contributed by atoms with E-state index >= 15 is 0 Å². The van der Waals surface area contributed by atoms with Gasteiger partial charge >= 0.3 is 12.0 Å². The summed E-state index contributed by atoms with van der Waals surface area (Å²) in [5.74, 6) is -1.44. The Balaban J connectivity index is 2.44. The van der Waals surface area contributed by atoms with E-state index in [4.69, 9.17) is 5.11 Å². The highest BCUT2D eigenvalue weighted by Gasteiger charge is 2.07. The van der Waals surface area contributed by atoms with E-state index in [1.165, 1.54) is 18.3 Å². The predicted octanol–water partition coefficient (Wildman–Crippen LogP) is 0.0374. The molecule has 0 aliphatic carbocycles. The lowest BCUT2D eigenvalue weighted by molar-refractivity contribution is -0.119. The molecule has 0 spiro atoms. The summed E-state index contributed by atoms with van der Waals surface area (Å²) in [5, 5.41) is 15.9. The molecular formula is C11H14N4O4. The van der Waals surface area contributed by atoms with Gasteiger partial charge in [0.15, 0.2) is 0 Å². The van der Waals surface area contributed by atoms with Gasteiger partial charge in [0.05, 0.1) is 18.4 Å². The van der Waals surface area contributed by atoms with Gasteiger partial charge in [-0.15, -0.1) is 0 Å². The van der Waals surface area contributed by atoms with Gasteiger partial charge in [0, 0.05) is 6.54 Å². The van der Waals surface area contributed by atoms with Crippen molar-refractivity contribution in [1.82, 2.24) is 15.6 Å². The topological polar surface area (TPSA) is 120 Å². The molecular weight excluding hydrogens is 252 g/mol. The molecule has 4 N–H and O–H groups in total. The average Bonchev–Trinajstić information content (AvgIpc) is 2.37. The lowest BCUT2D eigenvalue weighted by Crippen LogP contribution is -2.38. The van der Waals surface area contributed by atoms with Crippen LogP contribution in [0, 0.1) is 0 Å². The molecule has 0 aromatic carbocycles. The van der Waals surface area contributed by atoms with Crippen molar-refractivity contribution in [2.45, 2.75) is 6.92 Å². The van der Waals surface area contributed by atoms with E-state index in [9.17, 15) is 14.4 Å². The third-order valence-corrected chi connectivity index (χ3v) is 2.02. The van der Waals surface area contributed by atoms with Crippen molar-refractivity contribution >= 4 is 23.6 Å². The molecule has 1 heterocycles. The van der Waals surface area contributed by atoms with Crippen molar-refractivity contribution in [2.75, 3.05) is 18.4 Å². The lowest BCUT2D eigenvalue weighted by atomic mass is 10.3. The number of amides is 3. The summed E-state index contributed by atoms with van der Waals surface area (Å²) in [7, 11) is 0. The Morgan fingerprint density at radius 2 is 2.00 bits per heavy atom. The Morgan fingerprint density at radius 1 is 1.26 bits per heavy atom. The average molecular weight is 266 g/mol. The van der Waals surface area contributed by atoms with Crippen molar-refractivity contribution in [3.8, 4) is 0 Å². The molecule has 0 fully saturated rings. The van der Waals surface area contributed by atoms with Gasteiger partial charge < -0.3 is 21.1 Å². The van der Waals surface area contributed by atoms with Gasteiger partial charge in [-0.05, 0) is 19.1 Å². The number of nitrogens with zero attached hydrogens (tertiary/aromatic N) is 1. The van der Waals surface area contributed by atoms with E-state index in [1.54, 1.807) is 6.92 Å². The molecule has 0 saturated heterocycles. The fourth-order valence-corrected chi connectivity index (χ4v) is 1.19. The van der Waals surface area contributed by atoms with Crippen LogP contribution >= 0.6 is 0 Å². The van der Waals surface area contributed by atoms with Crippen LogP contribution in [0.4, 0.5) is 10.5 Å². The van der Waals surface area contributed by atoms with Crippen molar-refractivity contribution in [2.24, 2.45) is 0 Å². The zero-order chi connectivity index (χ0) is 14.3. The summed E-state index contributed by atoms with van der Waals surface area (Å²) < 4.78 is 0. The van der Waals surface area contributed by atoms with Gasteiger partial charge in [-0.2, -0.15) is 0 Å². The number of urea groups is 1. The van der Waals surface area contributed by atoms with Crippen LogP contribution in [0.3, 0.4) is 0 Å². The first-order valence-electron chi connectivity index (χ1n) is 5.53. The van der Waals surface area contributed by atoms with Crippen molar-refractivity contribution < 1.29 is 19.5 Å². The number of hydrogen-bond acceptors (Lipinski definition) is 4. The van der Waals surface area contributed by atoms with Crippen LogP contribution in [-0.2, 0) is 4.79 Å². The summed E-state index contributed by atoms with van der Waals surface area (Å²) in [6, 6.07) is 2.10. The van der Waals surface area contributed by atoms with Crippen LogP contribution in [0.1, 0.15) is 17.4 Å². The SMILES string of the molecule is CCNC(=O)CNC(=O)Nc1ccc(C(=O)O)nc1. The summed E-state index contributed by atoms with van der Waals surface area (Å²) in [4.78, 5) is 36.7. The maximum absolute atomic E-state index is 11.4. The summed E-state index contributed by atoms with van der Waals surface area (Å²) in [6.45, 7) is 2.12. The molecule has 19 heavy (non-hydrogen) atoms. The first-order valence-corrected chi connectivity index (χ1v) is 5.53. The fourth-order valence-electron chi connectivity index (χ4n) is 1.19. The maximum atomic E-state index is 11.4. The van der Waals surface area contributed by atoms with E-state index in [1.807, 2.05) is 0 Å². The standard InChI is InChI=1S/C11H14N4O4/c1-2-12-9(16)6-14-11(19)15-7-3-4-8(10(17)18)13-5-7/h3-5H,2,6H2,1H3,(H,12,16)(H,17,18)(H2,14,15,19). The van der Waals surface area contributed by atoms with E-state index < -0.39 is 12.0 Å². The van der Waals surface area contributed by atoms with Crippen LogP contribution < -0.4 is 16.0 Å². The minimum atomic E-state index is -1.15. The second-order valence-corrected chi connectivity index (χ2v) is 3.50. The number of carboxylic acids is 1. The highest BCUT2D eigenvalue weighted by molar-refractivity contribution is 5.92. The van der Waals surface area contributed by atoms with Crippen molar-refractivity contribution in [1.29, 1.82) is 0 Å². The van der Waals surface area contributed by atoms with Crippen LogP contribution in [0.25, 0.3) is 0 Å². The number of aromatic carboxylic acids is 1. The number of pyridine rings is 1. The monoisotopic (exact) mass is 266 g/mol. The molecule has 0 bridgehead atoms. The second kappa shape index (κ2) is 6.94. The van der Waals surface area contributed by atoms with Crippen LogP contribution in [-0.4, -0.2) is 41.1 Å². The highest BCUT2D eigenvalue weighted by Crippen LogP contribution is 2.05. The smallest absolute Gasteiger partial charge is 0.354 e. The molecule has 1 aromatic rings. The van der Waals surface area contributed by atoms with E-state index in [2.05, 4.69) is 20.9 Å². The Bertz CT molecular complexity index is 472. The third-order valence-electron chi connectivity index (χ3n) is 2.02. The molecule has 0 unspecified atom stereocenters. The Kier molecular flexibility index (Phi) is 5.27. The molecule has 8 heteroatoms.